The van der Waals surface area contributed by atoms with E-state index in [0.29, 0.717) is 27.5 Å². The van der Waals surface area contributed by atoms with Gasteiger partial charge in [-0.15, -0.1) is 0 Å². The summed E-state index contributed by atoms with van der Waals surface area (Å²) in [6, 6.07) is 9.09. The van der Waals surface area contributed by atoms with E-state index in [1.165, 1.54) is 31.4 Å². The topological polar surface area (TPSA) is 93.0 Å². The van der Waals surface area contributed by atoms with E-state index in [1.54, 1.807) is 6.92 Å². The zero-order valence-corrected chi connectivity index (χ0v) is 22.7. The molecular weight excluding hydrogens is 542 g/mol. The normalized spacial score (nSPS) is 18.8. The molecule has 0 saturated carbocycles. The number of fused-ring (bicyclic) bond motifs is 2. The summed E-state index contributed by atoms with van der Waals surface area (Å²) in [7, 11) is 1.42. The average molecular weight is 572 g/mol. The molecule has 41 heavy (non-hydrogen) atoms. The van der Waals surface area contributed by atoms with E-state index < -0.39 is 35.7 Å². The van der Waals surface area contributed by atoms with Crippen molar-refractivity contribution in [3.05, 3.63) is 75.7 Å². The fourth-order valence-electron chi connectivity index (χ4n) is 5.07. The van der Waals surface area contributed by atoms with E-state index in [9.17, 15) is 27.5 Å². The molecule has 1 aromatic heterocycles. The molecule has 2 N–H and O–H groups in total. The van der Waals surface area contributed by atoms with Gasteiger partial charge in [0.15, 0.2) is 0 Å². The molecule has 2 aromatic carbocycles. The third-order valence-electron chi connectivity index (χ3n) is 7.36. The van der Waals surface area contributed by atoms with E-state index in [4.69, 9.17) is 9.47 Å². The maximum Gasteiger partial charge on any atom is 0.424 e. The molecule has 2 aliphatic rings. The van der Waals surface area contributed by atoms with Crippen molar-refractivity contribution in [3.8, 4) is 22.8 Å². The summed E-state index contributed by atoms with van der Waals surface area (Å²) in [5, 5.41) is 14.6. The molecular formula is C30H29F4N3O4. The van der Waals surface area contributed by atoms with Crippen LogP contribution in [0.5, 0.6) is 11.5 Å². The number of hydrogen-bond acceptors (Lipinski definition) is 6. The van der Waals surface area contributed by atoms with Crippen LogP contribution in [0, 0.1) is 5.82 Å². The van der Waals surface area contributed by atoms with Crippen LogP contribution >= 0.6 is 0 Å². The molecule has 11 heteroatoms. The van der Waals surface area contributed by atoms with Crippen molar-refractivity contribution in [2.75, 3.05) is 20.3 Å². The highest BCUT2D eigenvalue weighted by Crippen LogP contribution is 2.45. The quantitative estimate of drug-likeness (QED) is 0.397. The fourth-order valence-corrected chi connectivity index (χ4v) is 5.07. The summed E-state index contributed by atoms with van der Waals surface area (Å²) in [6.07, 6.45) is -1.62. The summed E-state index contributed by atoms with van der Waals surface area (Å²) in [4.78, 5) is 21.9. The number of nitrogens with zero attached hydrogens (tertiary/aromatic N) is 2. The minimum atomic E-state index is -5.21. The Balaban J connectivity index is 1.51. The number of carbonyl (C=O) groups excluding carboxylic acids is 1. The van der Waals surface area contributed by atoms with E-state index in [2.05, 4.69) is 15.3 Å². The van der Waals surface area contributed by atoms with Crippen LogP contribution in [-0.2, 0) is 5.60 Å². The Morgan fingerprint density at radius 3 is 2.59 bits per heavy atom. The van der Waals surface area contributed by atoms with Crippen LogP contribution in [0.2, 0.25) is 0 Å². The SMILES string of the molecule is CCCC1C=c2cc(C(=O)NC[C@](O)(c3cc4c(c(-c5ccc(F)cc5)n3)OC[C@H]4C)C(F)(F)F)cc(OC)c2=N1. The number of alkyl halides is 3. The third kappa shape index (κ3) is 5.26. The van der Waals surface area contributed by atoms with Gasteiger partial charge in [0.2, 0.25) is 5.60 Å². The van der Waals surface area contributed by atoms with Crippen LogP contribution in [-0.4, -0.2) is 48.5 Å². The molecule has 0 saturated heterocycles. The Bertz CT molecular complexity index is 1610. The monoisotopic (exact) mass is 571 g/mol. The first-order chi connectivity index (χ1) is 19.4. The van der Waals surface area contributed by atoms with Gasteiger partial charge in [-0.1, -0.05) is 26.3 Å². The molecule has 7 nitrogen and oxygen atoms in total. The largest absolute Gasteiger partial charge is 0.494 e. The lowest BCUT2D eigenvalue weighted by molar-refractivity contribution is -0.265. The second-order valence-corrected chi connectivity index (χ2v) is 10.3. The standard InChI is InChI=1S/C30H29F4N3O4/c1-4-5-21-11-18-10-19(12-23(40-3)25(18)36-21)28(38)35-15-29(39,30(32,33)34)24-13-22-16(2)14-41-27(22)26(37-24)17-6-8-20(31)9-7-17/h6-13,16,21,39H,4-5,14-15H2,1-3H3,(H,35,38)/t16-,21?,29+/m1/s1. The van der Waals surface area contributed by atoms with E-state index in [0.717, 1.165) is 31.0 Å². The lowest BCUT2D eigenvalue weighted by Gasteiger charge is -2.31. The molecule has 0 radical (unpaired) electrons. The molecule has 0 spiro atoms. The minimum Gasteiger partial charge on any atom is -0.494 e. The maximum absolute atomic E-state index is 14.5. The number of amides is 1. The van der Waals surface area contributed by atoms with Crippen molar-refractivity contribution in [3.63, 3.8) is 0 Å². The second kappa shape index (κ2) is 10.8. The van der Waals surface area contributed by atoms with Crippen LogP contribution in [0.15, 0.2) is 47.5 Å². The summed E-state index contributed by atoms with van der Waals surface area (Å²) >= 11 is 0. The smallest absolute Gasteiger partial charge is 0.424 e. The maximum atomic E-state index is 14.5. The Morgan fingerprint density at radius 2 is 1.93 bits per heavy atom. The van der Waals surface area contributed by atoms with Crippen molar-refractivity contribution in [2.24, 2.45) is 4.99 Å². The number of aromatic nitrogens is 1. The van der Waals surface area contributed by atoms with Gasteiger partial charge in [0.05, 0.1) is 32.0 Å². The second-order valence-electron chi connectivity index (χ2n) is 10.3. The lowest BCUT2D eigenvalue weighted by Crippen LogP contribution is -2.51. The Kier molecular flexibility index (Phi) is 7.50. The van der Waals surface area contributed by atoms with E-state index in [-0.39, 0.29) is 35.6 Å². The van der Waals surface area contributed by atoms with Crippen molar-refractivity contribution in [1.82, 2.24) is 10.3 Å². The summed E-state index contributed by atoms with van der Waals surface area (Å²) in [6.45, 7) is 2.80. The first-order valence-corrected chi connectivity index (χ1v) is 13.2. The summed E-state index contributed by atoms with van der Waals surface area (Å²) in [5.41, 5.74) is -3.40. The first-order valence-electron chi connectivity index (χ1n) is 13.2. The molecule has 3 aromatic rings. The summed E-state index contributed by atoms with van der Waals surface area (Å²) in [5.74, 6) is -1.05. The van der Waals surface area contributed by atoms with Crippen LogP contribution in [0.25, 0.3) is 17.3 Å². The average Bonchev–Trinajstić information content (AvgIpc) is 3.53. The number of rotatable bonds is 8. The number of halogens is 4. The number of nitrogens with one attached hydrogen (secondary N) is 1. The summed E-state index contributed by atoms with van der Waals surface area (Å²) < 4.78 is 68.3. The van der Waals surface area contributed by atoms with Gasteiger partial charge >= 0.3 is 6.18 Å². The molecule has 0 bridgehead atoms. The molecule has 0 fully saturated rings. The van der Waals surface area contributed by atoms with Gasteiger partial charge < -0.3 is 19.9 Å². The van der Waals surface area contributed by atoms with Gasteiger partial charge in [0.25, 0.3) is 5.91 Å². The highest BCUT2D eigenvalue weighted by molar-refractivity contribution is 5.94. The lowest BCUT2D eigenvalue weighted by atomic mass is 9.92. The van der Waals surface area contributed by atoms with Gasteiger partial charge in [-0.25, -0.2) is 9.37 Å². The van der Waals surface area contributed by atoms with Gasteiger partial charge in [-0.2, -0.15) is 13.2 Å². The van der Waals surface area contributed by atoms with Gasteiger partial charge in [0, 0.05) is 27.8 Å². The van der Waals surface area contributed by atoms with Crippen molar-refractivity contribution in [1.29, 1.82) is 0 Å². The number of hydrogen-bond donors (Lipinski definition) is 2. The number of benzene rings is 2. The number of carbonyl (C=O) groups is 1. The van der Waals surface area contributed by atoms with Gasteiger partial charge in [-0.3, -0.25) is 9.79 Å². The number of methoxy groups -OCH3 is 1. The molecule has 0 aliphatic carbocycles. The number of pyridine rings is 1. The Morgan fingerprint density at radius 1 is 1.20 bits per heavy atom. The fraction of sp³-hybridized carbons (Fsp3) is 0.367. The highest BCUT2D eigenvalue weighted by atomic mass is 19.4. The molecule has 1 amide bonds. The molecule has 5 rings (SSSR count). The molecule has 216 valence electrons. The zero-order valence-electron chi connectivity index (χ0n) is 22.7. The molecule has 1 unspecified atom stereocenters. The third-order valence-corrected chi connectivity index (χ3v) is 7.36. The zero-order chi connectivity index (χ0) is 29.5. The predicted molar refractivity (Wildman–Crippen MR) is 143 cm³/mol. The van der Waals surface area contributed by atoms with Crippen LogP contribution in [0.3, 0.4) is 0 Å². The van der Waals surface area contributed by atoms with Crippen LogP contribution in [0.1, 0.15) is 54.2 Å². The van der Waals surface area contributed by atoms with Crippen LogP contribution < -0.4 is 25.4 Å². The van der Waals surface area contributed by atoms with Gasteiger partial charge in [0.1, 0.15) is 28.4 Å². The van der Waals surface area contributed by atoms with Crippen molar-refractivity contribution < 1.29 is 36.9 Å². The molecule has 2 aliphatic heterocycles. The van der Waals surface area contributed by atoms with Gasteiger partial charge in [-0.05, 0) is 48.9 Å². The Hall–Kier alpha value is -3.99. The first kappa shape index (κ1) is 28.5. The number of ether oxygens (including phenoxy) is 2. The van der Waals surface area contributed by atoms with Crippen LogP contribution in [0.4, 0.5) is 17.6 Å². The number of aliphatic hydroxyl groups is 1. The van der Waals surface area contributed by atoms with Crippen molar-refractivity contribution >= 4 is 12.0 Å². The highest BCUT2D eigenvalue weighted by Gasteiger charge is 2.57. The molecule has 3 heterocycles. The van der Waals surface area contributed by atoms with E-state index in [1.807, 2.05) is 13.0 Å². The molecule has 3 atom stereocenters. The Labute approximate surface area is 233 Å². The minimum absolute atomic E-state index is 0.0418. The van der Waals surface area contributed by atoms with Crippen molar-refractivity contribution in [2.45, 2.75) is 50.4 Å². The predicted octanol–water partition coefficient (Wildman–Crippen LogP) is 4.15. The van der Waals surface area contributed by atoms with E-state index >= 15 is 0 Å².